The maximum absolute atomic E-state index is 4.48. The number of rotatable bonds is 7. The molecule has 0 fully saturated rings. The summed E-state index contributed by atoms with van der Waals surface area (Å²) in [6.45, 7) is 3.68. The van der Waals surface area contributed by atoms with E-state index in [4.69, 9.17) is 0 Å². The van der Waals surface area contributed by atoms with Crippen LogP contribution in [0.15, 0.2) is 42.1 Å². The summed E-state index contributed by atoms with van der Waals surface area (Å²) < 4.78 is 0. The van der Waals surface area contributed by atoms with Crippen LogP contribution in [0.1, 0.15) is 43.2 Å². The van der Waals surface area contributed by atoms with Crippen molar-refractivity contribution in [3.8, 4) is 0 Å². The second-order valence-electron chi connectivity index (χ2n) is 6.29. The molecule has 1 aromatic carbocycles. The van der Waals surface area contributed by atoms with Gasteiger partial charge in [0.2, 0.25) is 5.95 Å². The SMILES string of the molecule is Cc1cccc(CNc2nncc(NCCC3=CCCCC3)n2)c1. The van der Waals surface area contributed by atoms with Crippen molar-refractivity contribution in [3.05, 3.63) is 53.2 Å². The Hall–Kier alpha value is -2.43. The number of allylic oxidation sites excluding steroid dienone is 1. The number of hydrogen-bond acceptors (Lipinski definition) is 5. The van der Waals surface area contributed by atoms with Crippen LogP contribution in [0.25, 0.3) is 0 Å². The van der Waals surface area contributed by atoms with Crippen LogP contribution < -0.4 is 10.6 Å². The zero-order chi connectivity index (χ0) is 16.6. The molecule has 1 aliphatic carbocycles. The van der Waals surface area contributed by atoms with Crippen molar-refractivity contribution in [1.82, 2.24) is 15.2 Å². The molecule has 1 aliphatic rings. The third-order valence-corrected chi connectivity index (χ3v) is 4.23. The molecular formula is C19H25N5. The van der Waals surface area contributed by atoms with Crippen molar-refractivity contribution in [2.24, 2.45) is 0 Å². The van der Waals surface area contributed by atoms with Gasteiger partial charge in [-0.25, -0.2) is 0 Å². The van der Waals surface area contributed by atoms with E-state index in [2.05, 4.69) is 63.1 Å². The zero-order valence-electron chi connectivity index (χ0n) is 14.3. The Morgan fingerprint density at radius 3 is 2.96 bits per heavy atom. The summed E-state index contributed by atoms with van der Waals surface area (Å²) in [5, 5.41) is 14.7. The van der Waals surface area contributed by atoms with E-state index < -0.39 is 0 Å². The second-order valence-corrected chi connectivity index (χ2v) is 6.29. The molecule has 0 saturated heterocycles. The molecule has 1 heterocycles. The Morgan fingerprint density at radius 1 is 1.17 bits per heavy atom. The highest BCUT2D eigenvalue weighted by Crippen LogP contribution is 2.20. The third kappa shape index (κ3) is 5.05. The van der Waals surface area contributed by atoms with E-state index in [1.54, 1.807) is 11.8 Å². The Balaban J connectivity index is 1.49. The van der Waals surface area contributed by atoms with E-state index >= 15 is 0 Å². The fourth-order valence-corrected chi connectivity index (χ4v) is 2.95. The number of aromatic nitrogens is 3. The summed E-state index contributed by atoms with van der Waals surface area (Å²) in [7, 11) is 0. The molecule has 2 aromatic rings. The summed E-state index contributed by atoms with van der Waals surface area (Å²) in [4.78, 5) is 4.48. The molecule has 0 amide bonds. The fourth-order valence-electron chi connectivity index (χ4n) is 2.95. The van der Waals surface area contributed by atoms with Crippen LogP contribution in [0.3, 0.4) is 0 Å². The molecule has 0 radical (unpaired) electrons. The highest BCUT2D eigenvalue weighted by Gasteiger charge is 2.04. The van der Waals surface area contributed by atoms with Gasteiger partial charge < -0.3 is 10.6 Å². The average molecular weight is 323 g/mol. The maximum atomic E-state index is 4.48. The predicted octanol–water partition coefficient (Wildman–Crippen LogP) is 4.09. The topological polar surface area (TPSA) is 62.7 Å². The van der Waals surface area contributed by atoms with Gasteiger partial charge >= 0.3 is 0 Å². The van der Waals surface area contributed by atoms with E-state index in [-0.39, 0.29) is 0 Å². The smallest absolute Gasteiger partial charge is 0.244 e. The monoisotopic (exact) mass is 323 g/mol. The highest BCUT2D eigenvalue weighted by atomic mass is 15.3. The first-order chi connectivity index (χ1) is 11.8. The molecule has 2 N–H and O–H groups in total. The summed E-state index contributed by atoms with van der Waals surface area (Å²) in [5.74, 6) is 1.33. The van der Waals surface area contributed by atoms with E-state index in [1.165, 1.54) is 36.8 Å². The maximum Gasteiger partial charge on any atom is 0.244 e. The minimum atomic E-state index is 0.554. The van der Waals surface area contributed by atoms with Crippen LogP contribution in [0.2, 0.25) is 0 Å². The quantitative estimate of drug-likeness (QED) is 0.751. The Labute approximate surface area is 143 Å². The number of hydrogen-bond donors (Lipinski definition) is 2. The van der Waals surface area contributed by atoms with Crippen LogP contribution >= 0.6 is 0 Å². The normalized spacial score (nSPS) is 14.1. The summed E-state index contributed by atoms with van der Waals surface area (Å²) in [5.41, 5.74) is 4.02. The van der Waals surface area contributed by atoms with Gasteiger partial charge in [0.1, 0.15) is 0 Å². The molecular weight excluding hydrogens is 298 g/mol. The Morgan fingerprint density at radius 2 is 2.12 bits per heavy atom. The standard InChI is InChI=1S/C19H25N5/c1-15-6-5-9-17(12-15)13-21-19-23-18(14-22-24-19)20-11-10-16-7-3-2-4-8-16/h5-7,9,12,14H,2-4,8,10-11,13H2,1H3,(H2,20,21,23,24). The van der Waals surface area contributed by atoms with Crippen molar-refractivity contribution < 1.29 is 0 Å². The average Bonchev–Trinajstić information content (AvgIpc) is 2.61. The fraction of sp³-hybridized carbons (Fsp3) is 0.421. The summed E-state index contributed by atoms with van der Waals surface area (Å²) in [6, 6.07) is 8.39. The summed E-state index contributed by atoms with van der Waals surface area (Å²) in [6.07, 6.45) is 10.3. The van der Waals surface area contributed by atoms with Gasteiger partial charge in [-0.3, -0.25) is 0 Å². The molecule has 0 unspecified atom stereocenters. The van der Waals surface area contributed by atoms with E-state index in [9.17, 15) is 0 Å². The molecule has 0 aliphatic heterocycles. The van der Waals surface area contributed by atoms with E-state index in [0.29, 0.717) is 12.5 Å². The lowest BCUT2D eigenvalue weighted by Crippen LogP contribution is -2.09. The van der Waals surface area contributed by atoms with Crippen molar-refractivity contribution in [3.63, 3.8) is 0 Å². The molecule has 3 rings (SSSR count). The molecule has 5 nitrogen and oxygen atoms in total. The first kappa shape index (κ1) is 16.4. The van der Waals surface area contributed by atoms with Crippen molar-refractivity contribution in [2.45, 2.75) is 45.6 Å². The molecule has 0 bridgehead atoms. The van der Waals surface area contributed by atoms with Gasteiger partial charge in [0.15, 0.2) is 5.82 Å². The minimum Gasteiger partial charge on any atom is -0.368 e. The molecule has 126 valence electrons. The second kappa shape index (κ2) is 8.43. The Kier molecular flexibility index (Phi) is 5.77. The van der Waals surface area contributed by atoms with Crippen LogP contribution in [0.5, 0.6) is 0 Å². The van der Waals surface area contributed by atoms with Crippen molar-refractivity contribution >= 4 is 11.8 Å². The van der Waals surface area contributed by atoms with Gasteiger partial charge in [0.05, 0.1) is 6.20 Å². The lowest BCUT2D eigenvalue weighted by molar-refractivity contribution is 0.679. The van der Waals surface area contributed by atoms with Crippen LogP contribution in [-0.4, -0.2) is 21.7 Å². The van der Waals surface area contributed by atoms with Gasteiger partial charge in [0, 0.05) is 13.1 Å². The van der Waals surface area contributed by atoms with E-state index in [1.807, 2.05) is 0 Å². The lowest BCUT2D eigenvalue weighted by Gasteiger charge is -2.13. The Bertz CT molecular complexity index is 696. The van der Waals surface area contributed by atoms with Crippen LogP contribution in [-0.2, 0) is 6.54 Å². The third-order valence-electron chi connectivity index (χ3n) is 4.23. The van der Waals surface area contributed by atoms with Gasteiger partial charge in [-0.05, 0) is 44.6 Å². The predicted molar refractivity (Wildman–Crippen MR) is 98.0 cm³/mol. The van der Waals surface area contributed by atoms with Crippen LogP contribution in [0, 0.1) is 6.92 Å². The molecule has 1 aromatic heterocycles. The first-order valence-electron chi connectivity index (χ1n) is 8.70. The summed E-state index contributed by atoms with van der Waals surface area (Å²) >= 11 is 0. The lowest BCUT2D eigenvalue weighted by atomic mass is 9.97. The largest absolute Gasteiger partial charge is 0.368 e. The number of nitrogens with one attached hydrogen (secondary N) is 2. The molecule has 0 spiro atoms. The van der Waals surface area contributed by atoms with Crippen molar-refractivity contribution in [2.75, 3.05) is 17.2 Å². The molecule has 0 atom stereocenters. The van der Waals surface area contributed by atoms with Crippen LogP contribution in [0.4, 0.5) is 11.8 Å². The highest BCUT2D eigenvalue weighted by molar-refractivity contribution is 5.38. The molecule has 5 heteroatoms. The minimum absolute atomic E-state index is 0.554. The number of anilines is 2. The van der Waals surface area contributed by atoms with Gasteiger partial charge in [0.25, 0.3) is 0 Å². The van der Waals surface area contributed by atoms with Gasteiger partial charge in [-0.1, -0.05) is 41.5 Å². The zero-order valence-corrected chi connectivity index (χ0v) is 14.3. The molecule has 24 heavy (non-hydrogen) atoms. The first-order valence-corrected chi connectivity index (χ1v) is 8.70. The number of nitrogens with zero attached hydrogens (tertiary/aromatic N) is 3. The van der Waals surface area contributed by atoms with Gasteiger partial charge in [-0.2, -0.15) is 10.1 Å². The van der Waals surface area contributed by atoms with Gasteiger partial charge in [-0.15, -0.1) is 5.10 Å². The number of aryl methyl sites for hydroxylation is 1. The van der Waals surface area contributed by atoms with Crippen molar-refractivity contribution in [1.29, 1.82) is 0 Å². The van der Waals surface area contributed by atoms with E-state index in [0.717, 1.165) is 18.8 Å². The molecule has 0 saturated carbocycles. The number of benzene rings is 1.